The highest BCUT2D eigenvalue weighted by Crippen LogP contribution is 2.26. The van der Waals surface area contributed by atoms with Crippen LogP contribution < -0.4 is 4.90 Å². The van der Waals surface area contributed by atoms with Crippen LogP contribution in [0.4, 0.5) is 14.5 Å². The number of thiazole rings is 1. The molecule has 32 heavy (non-hydrogen) atoms. The lowest BCUT2D eigenvalue weighted by atomic mass is 10.1. The Kier molecular flexibility index (Phi) is 5.61. The van der Waals surface area contributed by atoms with Gasteiger partial charge in [-0.05, 0) is 30.7 Å². The molecule has 1 fully saturated rings. The molecule has 8 heteroatoms. The van der Waals surface area contributed by atoms with E-state index in [1.54, 1.807) is 30.3 Å². The molecule has 2 aromatic carbocycles. The van der Waals surface area contributed by atoms with E-state index in [-0.39, 0.29) is 17.5 Å². The molecule has 0 aliphatic carbocycles. The monoisotopic (exact) mass is 452 g/mol. The number of para-hydroxylation sites is 1. The van der Waals surface area contributed by atoms with Gasteiger partial charge in [-0.1, -0.05) is 24.3 Å². The number of carbonyl (C=O) groups is 1. The molecule has 1 saturated heterocycles. The molecule has 5 rings (SSSR count). The standard InChI is InChI=1S/C24H22F2N4OS/c25-19-6-2-1-5-18(19)21-15-30-17(16-32-24(30)27-21)9-10-23(31)29-13-11-28(12-14-29)22-8-4-3-7-20(22)26/h1-8,15-16H,9-14H2. The van der Waals surface area contributed by atoms with E-state index >= 15 is 0 Å². The Morgan fingerprint density at radius 3 is 2.44 bits per heavy atom. The Morgan fingerprint density at radius 2 is 1.69 bits per heavy atom. The quantitative estimate of drug-likeness (QED) is 0.444. The van der Waals surface area contributed by atoms with Crippen molar-refractivity contribution in [2.75, 3.05) is 31.1 Å². The van der Waals surface area contributed by atoms with Crippen molar-refractivity contribution in [2.24, 2.45) is 0 Å². The normalized spacial score (nSPS) is 14.3. The second-order valence-electron chi connectivity index (χ2n) is 7.80. The average Bonchev–Trinajstić information content (AvgIpc) is 3.39. The number of benzene rings is 2. The van der Waals surface area contributed by atoms with Gasteiger partial charge in [0.25, 0.3) is 0 Å². The lowest BCUT2D eigenvalue weighted by Gasteiger charge is -2.36. The van der Waals surface area contributed by atoms with E-state index in [9.17, 15) is 13.6 Å². The summed E-state index contributed by atoms with van der Waals surface area (Å²) in [6.45, 7) is 2.38. The molecule has 0 N–H and O–H groups in total. The van der Waals surface area contributed by atoms with Crippen LogP contribution in [0.1, 0.15) is 12.1 Å². The zero-order valence-electron chi connectivity index (χ0n) is 17.4. The molecular weight excluding hydrogens is 430 g/mol. The van der Waals surface area contributed by atoms with Crippen LogP contribution in [0, 0.1) is 11.6 Å². The number of carbonyl (C=O) groups excluding carboxylic acids is 1. The first-order valence-electron chi connectivity index (χ1n) is 10.6. The van der Waals surface area contributed by atoms with Crippen molar-refractivity contribution in [3.05, 3.63) is 77.4 Å². The van der Waals surface area contributed by atoms with E-state index < -0.39 is 0 Å². The Bertz CT molecular complexity index is 1260. The lowest BCUT2D eigenvalue weighted by Crippen LogP contribution is -2.49. The molecule has 0 atom stereocenters. The van der Waals surface area contributed by atoms with Crippen LogP contribution in [0.15, 0.2) is 60.1 Å². The Labute approximate surface area is 188 Å². The van der Waals surface area contributed by atoms with Gasteiger partial charge in [0.05, 0.1) is 11.4 Å². The van der Waals surface area contributed by atoms with Crippen LogP contribution in [0.2, 0.25) is 0 Å². The Morgan fingerprint density at radius 1 is 0.969 bits per heavy atom. The summed E-state index contributed by atoms with van der Waals surface area (Å²) < 4.78 is 30.1. The largest absolute Gasteiger partial charge is 0.366 e. The molecule has 0 saturated carbocycles. The SMILES string of the molecule is O=C(CCc1csc2nc(-c3ccccc3F)cn12)N1CCN(c2ccccc2F)CC1. The number of halogens is 2. The highest BCUT2D eigenvalue weighted by Gasteiger charge is 2.23. The van der Waals surface area contributed by atoms with Gasteiger partial charge in [-0.25, -0.2) is 13.8 Å². The predicted octanol–water partition coefficient (Wildman–Crippen LogP) is 4.62. The summed E-state index contributed by atoms with van der Waals surface area (Å²) in [5, 5.41) is 2.00. The van der Waals surface area contributed by atoms with Crippen LogP contribution in [-0.2, 0) is 11.2 Å². The molecule has 164 valence electrons. The van der Waals surface area contributed by atoms with Gasteiger partial charge in [0, 0.05) is 55.4 Å². The number of fused-ring (bicyclic) bond motifs is 1. The van der Waals surface area contributed by atoms with Crippen molar-refractivity contribution in [3.63, 3.8) is 0 Å². The fourth-order valence-corrected chi connectivity index (χ4v) is 5.01. The topological polar surface area (TPSA) is 40.9 Å². The van der Waals surface area contributed by atoms with Crippen LogP contribution in [0.25, 0.3) is 16.2 Å². The highest BCUT2D eigenvalue weighted by molar-refractivity contribution is 7.15. The zero-order valence-corrected chi connectivity index (χ0v) is 18.2. The van der Waals surface area contributed by atoms with Crippen molar-refractivity contribution in [1.29, 1.82) is 0 Å². The first-order valence-corrected chi connectivity index (χ1v) is 11.5. The van der Waals surface area contributed by atoms with Gasteiger partial charge in [-0.3, -0.25) is 9.20 Å². The molecule has 4 aromatic rings. The first-order chi connectivity index (χ1) is 15.6. The van der Waals surface area contributed by atoms with Crippen LogP contribution >= 0.6 is 11.3 Å². The van der Waals surface area contributed by atoms with Crippen LogP contribution in [-0.4, -0.2) is 46.4 Å². The number of aryl methyl sites for hydroxylation is 1. The molecular formula is C24H22F2N4OS. The average molecular weight is 453 g/mol. The molecule has 1 aliphatic rings. The van der Waals surface area contributed by atoms with Gasteiger partial charge >= 0.3 is 0 Å². The summed E-state index contributed by atoms with van der Waals surface area (Å²) in [6, 6.07) is 13.3. The van der Waals surface area contributed by atoms with Crippen LogP contribution in [0.3, 0.4) is 0 Å². The van der Waals surface area contributed by atoms with E-state index in [0.717, 1.165) is 10.7 Å². The molecule has 2 aromatic heterocycles. The van der Waals surface area contributed by atoms with Crippen molar-refractivity contribution in [2.45, 2.75) is 12.8 Å². The first kappa shape index (κ1) is 20.6. The molecule has 1 amide bonds. The van der Waals surface area contributed by atoms with Crippen molar-refractivity contribution >= 4 is 27.9 Å². The summed E-state index contributed by atoms with van der Waals surface area (Å²) >= 11 is 1.48. The summed E-state index contributed by atoms with van der Waals surface area (Å²) in [4.78, 5) is 21.9. The third-order valence-corrected chi connectivity index (χ3v) is 6.74. The predicted molar refractivity (Wildman–Crippen MR) is 122 cm³/mol. The van der Waals surface area contributed by atoms with Gasteiger partial charge in [0.2, 0.25) is 5.91 Å². The minimum atomic E-state index is -0.301. The van der Waals surface area contributed by atoms with Crippen LogP contribution in [0.5, 0.6) is 0 Å². The summed E-state index contributed by atoms with van der Waals surface area (Å²) in [7, 11) is 0. The number of imidazole rings is 1. The number of amides is 1. The summed E-state index contributed by atoms with van der Waals surface area (Å²) in [5.74, 6) is -0.444. The number of rotatable bonds is 5. The van der Waals surface area contributed by atoms with E-state index in [4.69, 9.17) is 0 Å². The molecule has 0 radical (unpaired) electrons. The van der Waals surface area contributed by atoms with Gasteiger partial charge < -0.3 is 9.80 Å². The number of nitrogens with zero attached hydrogens (tertiary/aromatic N) is 4. The number of piperazine rings is 1. The Hall–Kier alpha value is -3.26. The zero-order chi connectivity index (χ0) is 22.1. The lowest BCUT2D eigenvalue weighted by molar-refractivity contribution is -0.131. The maximum atomic E-state index is 14.1. The van der Waals surface area contributed by atoms with Gasteiger partial charge in [0.1, 0.15) is 11.6 Å². The van der Waals surface area contributed by atoms with Gasteiger partial charge in [0.15, 0.2) is 4.96 Å². The smallest absolute Gasteiger partial charge is 0.223 e. The third kappa shape index (κ3) is 3.98. The summed E-state index contributed by atoms with van der Waals surface area (Å²) in [6.07, 6.45) is 2.80. The maximum absolute atomic E-state index is 14.1. The van der Waals surface area contributed by atoms with Crippen molar-refractivity contribution in [3.8, 4) is 11.3 Å². The summed E-state index contributed by atoms with van der Waals surface area (Å²) in [5.41, 5.74) is 2.63. The maximum Gasteiger partial charge on any atom is 0.223 e. The molecule has 0 bridgehead atoms. The molecule has 0 unspecified atom stereocenters. The minimum absolute atomic E-state index is 0.0898. The second-order valence-corrected chi connectivity index (χ2v) is 8.64. The second kappa shape index (κ2) is 8.70. The number of anilines is 1. The number of aromatic nitrogens is 2. The van der Waals surface area contributed by atoms with E-state index in [1.807, 2.05) is 31.8 Å². The molecule has 0 spiro atoms. The van der Waals surface area contributed by atoms with Crippen molar-refractivity contribution in [1.82, 2.24) is 14.3 Å². The van der Waals surface area contributed by atoms with E-state index in [2.05, 4.69) is 4.98 Å². The molecule has 1 aliphatic heterocycles. The number of hydrogen-bond donors (Lipinski definition) is 0. The number of hydrogen-bond acceptors (Lipinski definition) is 4. The van der Waals surface area contributed by atoms with Crippen molar-refractivity contribution < 1.29 is 13.6 Å². The third-order valence-electron chi connectivity index (χ3n) is 5.85. The fraction of sp³-hybridized carbons (Fsp3) is 0.250. The van der Waals surface area contributed by atoms with Gasteiger partial charge in [-0.2, -0.15) is 0 Å². The molecule has 5 nitrogen and oxygen atoms in total. The Balaban J connectivity index is 1.21. The van der Waals surface area contributed by atoms with Gasteiger partial charge in [-0.15, -0.1) is 11.3 Å². The van der Waals surface area contributed by atoms with E-state index in [0.29, 0.717) is 56.0 Å². The molecule has 3 heterocycles. The van der Waals surface area contributed by atoms with E-state index in [1.165, 1.54) is 23.5 Å². The highest BCUT2D eigenvalue weighted by atomic mass is 32.1. The minimum Gasteiger partial charge on any atom is -0.366 e. The fourth-order valence-electron chi connectivity index (χ4n) is 4.11.